The Morgan fingerprint density at radius 2 is 1.91 bits per heavy atom. The van der Waals surface area contributed by atoms with Crippen LogP contribution in [0.1, 0.15) is 25.3 Å². The van der Waals surface area contributed by atoms with Gasteiger partial charge in [-0.1, -0.05) is 18.2 Å². The van der Waals surface area contributed by atoms with Gasteiger partial charge in [-0.15, -0.1) is 24.8 Å². The summed E-state index contributed by atoms with van der Waals surface area (Å²) in [6.45, 7) is 7.74. The van der Waals surface area contributed by atoms with Crippen LogP contribution in [0.5, 0.6) is 0 Å². The van der Waals surface area contributed by atoms with Crippen molar-refractivity contribution in [3.63, 3.8) is 0 Å². The molecular weight excluding hydrogens is 317 g/mol. The lowest BCUT2D eigenvalue weighted by atomic mass is 9.98. The number of piperidine rings is 1. The molecule has 0 saturated carbocycles. The molecule has 22 heavy (non-hydrogen) atoms. The number of fused-ring (bicyclic) bond motifs is 1. The number of nitrogens with one attached hydrogen (secondary N) is 2. The van der Waals surface area contributed by atoms with E-state index in [2.05, 4.69) is 52.6 Å². The second-order valence-corrected chi connectivity index (χ2v) is 5.78. The van der Waals surface area contributed by atoms with E-state index in [1.165, 1.54) is 42.4 Å². The predicted octanol–water partition coefficient (Wildman–Crippen LogP) is 3.59. The van der Waals surface area contributed by atoms with E-state index in [-0.39, 0.29) is 24.8 Å². The van der Waals surface area contributed by atoms with Crippen LogP contribution >= 0.6 is 24.8 Å². The van der Waals surface area contributed by atoms with Crippen LogP contribution in [0.25, 0.3) is 10.9 Å². The number of nitrogens with zero attached hydrogens (tertiary/aromatic N) is 1. The second kappa shape index (κ2) is 9.41. The fraction of sp³-hybridized carbons (Fsp3) is 0.529. The van der Waals surface area contributed by atoms with Gasteiger partial charge in [-0.2, -0.15) is 0 Å². The summed E-state index contributed by atoms with van der Waals surface area (Å²) in [6, 6.07) is 8.72. The van der Waals surface area contributed by atoms with E-state index >= 15 is 0 Å². The minimum atomic E-state index is 0. The van der Waals surface area contributed by atoms with E-state index in [4.69, 9.17) is 0 Å². The lowest BCUT2D eigenvalue weighted by Gasteiger charge is -2.22. The van der Waals surface area contributed by atoms with Crippen LogP contribution in [0.15, 0.2) is 30.5 Å². The normalized spacial score (nSPS) is 15.3. The maximum atomic E-state index is 3.66. The Labute approximate surface area is 145 Å². The van der Waals surface area contributed by atoms with Crippen molar-refractivity contribution < 1.29 is 0 Å². The third-order valence-corrected chi connectivity index (χ3v) is 4.42. The molecule has 1 saturated heterocycles. The molecule has 0 unspecified atom stereocenters. The first-order chi connectivity index (χ1) is 9.88. The first kappa shape index (κ1) is 19.3. The van der Waals surface area contributed by atoms with Gasteiger partial charge in [-0.05, 0) is 56.9 Å². The number of para-hydroxylation sites is 1. The molecule has 2 aromatic rings. The molecule has 0 bridgehead atoms. The van der Waals surface area contributed by atoms with E-state index in [0.717, 1.165) is 25.6 Å². The zero-order valence-corrected chi connectivity index (χ0v) is 14.8. The summed E-state index contributed by atoms with van der Waals surface area (Å²) in [4.78, 5) is 0. The highest BCUT2D eigenvalue weighted by atomic mass is 35.5. The van der Waals surface area contributed by atoms with Gasteiger partial charge in [0.05, 0.1) is 0 Å². The molecule has 124 valence electrons. The monoisotopic (exact) mass is 343 g/mol. The average molecular weight is 344 g/mol. The van der Waals surface area contributed by atoms with E-state index in [1.807, 2.05) is 0 Å². The zero-order valence-electron chi connectivity index (χ0n) is 13.2. The Morgan fingerprint density at radius 1 is 1.18 bits per heavy atom. The first-order valence-electron chi connectivity index (χ1n) is 7.86. The molecule has 1 aliphatic rings. The quantitative estimate of drug-likeness (QED) is 0.868. The zero-order chi connectivity index (χ0) is 13.8. The van der Waals surface area contributed by atoms with Gasteiger partial charge in [0.15, 0.2) is 0 Å². The number of halogens is 2. The number of hydrogen-bond acceptors (Lipinski definition) is 2. The molecule has 1 aliphatic heterocycles. The second-order valence-electron chi connectivity index (χ2n) is 5.78. The molecule has 0 spiro atoms. The third-order valence-electron chi connectivity index (χ3n) is 4.42. The molecule has 3 rings (SSSR count). The summed E-state index contributed by atoms with van der Waals surface area (Å²) in [5, 5.41) is 8.48. The maximum absolute atomic E-state index is 3.66. The molecule has 1 aromatic carbocycles. The summed E-state index contributed by atoms with van der Waals surface area (Å²) in [5.41, 5.74) is 2.78. The van der Waals surface area contributed by atoms with Gasteiger partial charge in [0.2, 0.25) is 0 Å². The largest absolute Gasteiger partial charge is 0.347 e. The predicted molar refractivity (Wildman–Crippen MR) is 99.4 cm³/mol. The lowest BCUT2D eigenvalue weighted by molar-refractivity contribution is 0.356. The van der Waals surface area contributed by atoms with Crippen LogP contribution in [0.2, 0.25) is 0 Å². The number of hydrogen-bond donors (Lipinski definition) is 2. The van der Waals surface area contributed by atoms with Crippen molar-refractivity contribution in [3.05, 3.63) is 36.0 Å². The molecule has 1 aromatic heterocycles. The smallest absolute Gasteiger partial charge is 0.0483 e. The molecule has 0 radical (unpaired) electrons. The van der Waals surface area contributed by atoms with Gasteiger partial charge in [-0.3, -0.25) is 0 Å². The highest BCUT2D eigenvalue weighted by molar-refractivity contribution is 5.85. The van der Waals surface area contributed by atoms with E-state index < -0.39 is 0 Å². The minimum Gasteiger partial charge on any atom is -0.347 e. The van der Waals surface area contributed by atoms with Gasteiger partial charge in [-0.25, -0.2) is 0 Å². The summed E-state index contributed by atoms with van der Waals surface area (Å²) in [5.74, 6) is 0.843. The van der Waals surface area contributed by atoms with E-state index in [0.29, 0.717) is 0 Å². The van der Waals surface area contributed by atoms with Crippen molar-refractivity contribution in [1.82, 2.24) is 15.2 Å². The summed E-state index contributed by atoms with van der Waals surface area (Å²) in [7, 11) is 0. The van der Waals surface area contributed by atoms with Crippen LogP contribution in [0.4, 0.5) is 0 Å². The van der Waals surface area contributed by atoms with Crippen LogP contribution in [-0.2, 0) is 13.1 Å². The Morgan fingerprint density at radius 3 is 2.64 bits per heavy atom. The van der Waals surface area contributed by atoms with Crippen LogP contribution in [0, 0.1) is 5.92 Å². The fourth-order valence-corrected chi connectivity index (χ4v) is 3.22. The summed E-state index contributed by atoms with van der Waals surface area (Å²) < 4.78 is 2.34. The molecule has 3 nitrogen and oxygen atoms in total. The number of aryl methyl sites for hydroxylation is 1. The topological polar surface area (TPSA) is 29.0 Å². The molecule has 0 amide bonds. The van der Waals surface area contributed by atoms with Crippen molar-refractivity contribution >= 4 is 35.7 Å². The van der Waals surface area contributed by atoms with Gasteiger partial charge >= 0.3 is 0 Å². The van der Waals surface area contributed by atoms with Crippen molar-refractivity contribution in [2.45, 2.75) is 32.9 Å². The standard InChI is InChI=1S/C17H25N3.2ClH/c1-2-20-13-15(16-5-3-4-6-17(16)20)12-19-11-14-7-9-18-10-8-14;;/h3-6,13-14,18-19H,2,7-12H2,1H3;2*1H. The van der Waals surface area contributed by atoms with Crippen LogP contribution < -0.4 is 10.6 Å². The van der Waals surface area contributed by atoms with Crippen molar-refractivity contribution in [2.24, 2.45) is 5.92 Å². The molecule has 0 atom stereocenters. The van der Waals surface area contributed by atoms with E-state index in [1.54, 1.807) is 0 Å². The minimum absolute atomic E-state index is 0. The van der Waals surface area contributed by atoms with Gasteiger partial charge in [0.25, 0.3) is 0 Å². The van der Waals surface area contributed by atoms with Crippen molar-refractivity contribution in [2.75, 3.05) is 19.6 Å². The molecular formula is C17H27Cl2N3. The highest BCUT2D eigenvalue weighted by Crippen LogP contribution is 2.21. The molecule has 5 heteroatoms. The number of benzene rings is 1. The van der Waals surface area contributed by atoms with Crippen LogP contribution in [0.3, 0.4) is 0 Å². The molecule has 0 aliphatic carbocycles. The highest BCUT2D eigenvalue weighted by Gasteiger charge is 2.13. The Bertz CT molecular complexity index is 562. The summed E-state index contributed by atoms with van der Waals surface area (Å²) >= 11 is 0. The Kier molecular flexibility index (Phi) is 8.26. The Hall–Kier alpha value is -0.740. The van der Waals surface area contributed by atoms with E-state index in [9.17, 15) is 0 Å². The fourth-order valence-electron chi connectivity index (χ4n) is 3.22. The third kappa shape index (κ3) is 4.39. The van der Waals surface area contributed by atoms with Crippen molar-refractivity contribution in [1.29, 1.82) is 0 Å². The average Bonchev–Trinajstić information content (AvgIpc) is 2.87. The maximum Gasteiger partial charge on any atom is 0.0483 e. The number of aromatic nitrogens is 1. The first-order valence-corrected chi connectivity index (χ1v) is 7.86. The Balaban J connectivity index is 0.00000121. The molecule has 2 heterocycles. The lowest BCUT2D eigenvalue weighted by Crippen LogP contribution is -2.33. The van der Waals surface area contributed by atoms with Gasteiger partial charge in [0, 0.05) is 30.2 Å². The summed E-state index contributed by atoms with van der Waals surface area (Å²) in [6.07, 6.45) is 4.92. The molecule has 2 N–H and O–H groups in total. The van der Waals surface area contributed by atoms with Gasteiger partial charge in [0.1, 0.15) is 0 Å². The van der Waals surface area contributed by atoms with Crippen molar-refractivity contribution in [3.8, 4) is 0 Å². The van der Waals surface area contributed by atoms with Gasteiger partial charge < -0.3 is 15.2 Å². The molecule has 1 fully saturated rings. The number of rotatable bonds is 5. The SMILES string of the molecule is CCn1cc(CNCC2CCNCC2)c2ccccc21.Cl.Cl. The van der Waals surface area contributed by atoms with Crippen LogP contribution in [-0.4, -0.2) is 24.2 Å².